The first-order valence-corrected chi connectivity index (χ1v) is 3.57. The summed E-state index contributed by atoms with van der Waals surface area (Å²) in [7, 11) is 0. The fourth-order valence-electron chi connectivity index (χ4n) is 0.979. The van der Waals surface area contributed by atoms with Crippen LogP contribution in [0.15, 0.2) is 11.6 Å². The molecule has 0 aromatic rings. The van der Waals surface area contributed by atoms with Crippen LogP contribution in [-0.4, -0.2) is 13.2 Å². The van der Waals surface area contributed by atoms with Gasteiger partial charge in [0.25, 0.3) is 0 Å². The maximum atomic E-state index is 5.28. The Kier molecular flexibility index (Phi) is 2.29. The number of hydrogen-bond acceptors (Lipinski definition) is 1. The predicted molar refractivity (Wildman–Crippen MR) is 38.4 cm³/mol. The monoisotopic (exact) mass is 126 g/mol. The van der Waals surface area contributed by atoms with Crippen LogP contribution in [0.4, 0.5) is 0 Å². The Morgan fingerprint density at radius 3 is 2.67 bits per heavy atom. The second kappa shape index (κ2) is 3.02. The molecule has 1 aliphatic rings. The quantitative estimate of drug-likeness (QED) is 0.488. The van der Waals surface area contributed by atoms with E-state index < -0.39 is 0 Å². The Bertz CT molecular complexity index is 114. The van der Waals surface area contributed by atoms with Crippen LogP contribution in [0.2, 0.25) is 0 Å². The summed E-state index contributed by atoms with van der Waals surface area (Å²) in [6.07, 6.45) is 3.40. The van der Waals surface area contributed by atoms with Crippen LogP contribution in [0.5, 0.6) is 0 Å². The molecular formula is C8H14O. The fraction of sp³-hybridized carbons (Fsp3) is 0.750. The van der Waals surface area contributed by atoms with Crippen LogP contribution in [0.25, 0.3) is 0 Å². The molecule has 0 saturated carbocycles. The highest BCUT2D eigenvalue weighted by Crippen LogP contribution is 2.14. The van der Waals surface area contributed by atoms with Gasteiger partial charge in [0.15, 0.2) is 0 Å². The molecule has 0 spiro atoms. The number of ether oxygens (including phenoxy) is 1. The molecule has 0 fully saturated rings. The SMILES string of the molecule is CC(C)C1=CCCOC1. The summed E-state index contributed by atoms with van der Waals surface area (Å²) in [6.45, 7) is 6.19. The first-order chi connectivity index (χ1) is 4.30. The van der Waals surface area contributed by atoms with Gasteiger partial charge in [0, 0.05) is 0 Å². The molecule has 1 aliphatic heterocycles. The summed E-state index contributed by atoms with van der Waals surface area (Å²) >= 11 is 0. The molecule has 52 valence electrons. The first kappa shape index (κ1) is 6.81. The van der Waals surface area contributed by atoms with Gasteiger partial charge in [-0.3, -0.25) is 0 Å². The maximum absolute atomic E-state index is 5.28. The lowest BCUT2D eigenvalue weighted by atomic mass is 10.0. The summed E-state index contributed by atoms with van der Waals surface area (Å²) in [5.41, 5.74) is 1.46. The van der Waals surface area contributed by atoms with Crippen molar-refractivity contribution in [1.82, 2.24) is 0 Å². The number of hydrogen-bond donors (Lipinski definition) is 0. The van der Waals surface area contributed by atoms with Gasteiger partial charge >= 0.3 is 0 Å². The van der Waals surface area contributed by atoms with Crippen LogP contribution in [0.3, 0.4) is 0 Å². The molecule has 1 nitrogen and oxygen atoms in total. The largest absolute Gasteiger partial charge is 0.377 e. The topological polar surface area (TPSA) is 9.23 Å². The van der Waals surface area contributed by atoms with Crippen molar-refractivity contribution < 1.29 is 4.74 Å². The van der Waals surface area contributed by atoms with Gasteiger partial charge in [-0.2, -0.15) is 0 Å². The first-order valence-electron chi connectivity index (χ1n) is 3.57. The Labute approximate surface area is 56.7 Å². The molecule has 0 aromatic heterocycles. The molecule has 0 unspecified atom stereocenters. The average Bonchev–Trinajstić information content (AvgIpc) is 1.90. The molecule has 9 heavy (non-hydrogen) atoms. The summed E-state index contributed by atoms with van der Waals surface area (Å²) in [4.78, 5) is 0. The molecule has 1 rings (SSSR count). The Hall–Kier alpha value is -0.300. The molecule has 0 radical (unpaired) electrons. The minimum absolute atomic E-state index is 0.672. The van der Waals surface area contributed by atoms with Crippen molar-refractivity contribution in [2.45, 2.75) is 20.3 Å². The third-order valence-corrected chi connectivity index (χ3v) is 1.68. The molecule has 0 aliphatic carbocycles. The highest BCUT2D eigenvalue weighted by Gasteiger charge is 2.05. The molecule has 0 saturated heterocycles. The van der Waals surface area contributed by atoms with Gasteiger partial charge in [0.2, 0.25) is 0 Å². The second-order valence-corrected chi connectivity index (χ2v) is 2.78. The van der Waals surface area contributed by atoms with E-state index in [9.17, 15) is 0 Å². The van der Waals surface area contributed by atoms with Crippen LogP contribution in [-0.2, 0) is 4.74 Å². The van der Waals surface area contributed by atoms with E-state index in [1.165, 1.54) is 5.57 Å². The summed E-state index contributed by atoms with van der Waals surface area (Å²) in [5.74, 6) is 0.672. The lowest BCUT2D eigenvalue weighted by Crippen LogP contribution is -2.09. The van der Waals surface area contributed by atoms with E-state index in [0.29, 0.717) is 5.92 Å². The standard InChI is InChI=1S/C8H14O/c1-7(2)8-4-3-5-9-6-8/h4,7H,3,5-6H2,1-2H3. The predicted octanol–water partition coefficient (Wildman–Crippen LogP) is 1.99. The van der Waals surface area contributed by atoms with Gasteiger partial charge in [-0.05, 0) is 17.9 Å². The molecular weight excluding hydrogens is 112 g/mol. The van der Waals surface area contributed by atoms with Gasteiger partial charge in [0.1, 0.15) is 0 Å². The molecule has 0 N–H and O–H groups in total. The van der Waals surface area contributed by atoms with E-state index >= 15 is 0 Å². The lowest BCUT2D eigenvalue weighted by Gasteiger charge is -2.15. The zero-order valence-electron chi connectivity index (χ0n) is 6.18. The molecule has 0 atom stereocenters. The van der Waals surface area contributed by atoms with Gasteiger partial charge in [-0.25, -0.2) is 0 Å². The van der Waals surface area contributed by atoms with Crippen LogP contribution in [0.1, 0.15) is 20.3 Å². The van der Waals surface area contributed by atoms with Crippen molar-refractivity contribution in [2.24, 2.45) is 5.92 Å². The molecule has 0 aromatic carbocycles. The van der Waals surface area contributed by atoms with E-state index in [0.717, 1.165) is 19.6 Å². The van der Waals surface area contributed by atoms with E-state index in [4.69, 9.17) is 4.74 Å². The summed E-state index contributed by atoms with van der Waals surface area (Å²) in [5, 5.41) is 0. The lowest BCUT2D eigenvalue weighted by molar-refractivity contribution is 0.144. The van der Waals surface area contributed by atoms with E-state index in [2.05, 4.69) is 19.9 Å². The van der Waals surface area contributed by atoms with Crippen molar-refractivity contribution >= 4 is 0 Å². The highest BCUT2D eigenvalue weighted by molar-refractivity contribution is 5.06. The van der Waals surface area contributed by atoms with Gasteiger partial charge in [-0.1, -0.05) is 19.9 Å². The Morgan fingerprint density at radius 1 is 1.56 bits per heavy atom. The molecule has 0 bridgehead atoms. The zero-order valence-corrected chi connectivity index (χ0v) is 6.18. The van der Waals surface area contributed by atoms with Crippen molar-refractivity contribution in [3.8, 4) is 0 Å². The van der Waals surface area contributed by atoms with Crippen molar-refractivity contribution in [3.05, 3.63) is 11.6 Å². The minimum atomic E-state index is 0.672. The Balaban J connectivity index is 2.46. The zero-order chi connectivity index (χ0) is 6.69. The number of rotatable bonds is 1. The van der Waals surface area contributed by atoms with E-state index in [1.807, 2.05) is 0 Å². The third-order valence-electron chi connectivity index (χ3n) is 1.68. The minimum Gasteiger partial charge on any atom is -0.377 e. The molecule has 1 heterocycles. The van der Waals surface area contributed by atoms with Crippen LogP contribution >= 0.6 is 0 Å². The van der Waals surface area contributed by atoms with Crippen LogP contribution < -0.4 is 0 Å². The van der Waals surface area contributed by atoms with Gasteiger partial charge in [0.05, 0.1) is 13.2 Å². The average molecular weight is 126 g/mol. The van der Waals surface area contributed by atoms with Crippen molar-refractivity contribution in [1.29, 1.82) is 0 Å². The molecule has 1 heteroatoms. The normalized spacial score (nSPS) is 20.1. The fourth-order valence-corrected chi connectivity index (χ4v) is 0.979. The van der Waals surface area contributed by atoms with E-state index in [-0.39, 0.29) is 0 Å². The smallest absolute Gasteiger partial charge is 0.0679 e. The Morgan fingerprint density at radius 2 is 2.33 bits per heavy atom. The summed E-state index contributed by atoms with van der Waals surface area (Å²) in [6, 6.07) is 0. The van der Waals surface area contributed by atoms with Gasteiger partial charge < -0.3 is 4.74 Å². The van der Waals surface area contributed by atoms with Crippen molar-refractivity contribution in [3.63, 3.8) is 0 Å². The highest BCUT2D eigenvalue weighted by atomic mass is 16.5. The third kappa shape index (κ3) is 1.83. The van der Waals surface area contributed by atoms with Crippen LogP contribution in [0, 0.1) is 5.92 Å². The molecule has 0 amide bonds. The van der Waals surface area contributed by atoms with Gasteiger partial charge in [-0.15, -0.1) is 0 Å². The van der Waals surface area contributed by atoms with Crippen molar-refractivity contribution in [2.75, 3.05) is 13.2 Å². The maximum Gasteiger partial charge on any atom is 0.0679 e. The second-order valence-electron chi connectivity index (χ2n) is 2.78. The van der Waals surface area contributed by atoms with E-state index in [1.54, 1.807) is 0 Å². The summed E-state index contributed by atoms with van der Waals surface area (Å²) < 4.78 is 5.28.